The van der Waals surface area contributed by atoms with Crippen LogP contribution in [-0.2, 0) is 24.3 Å². The van der Waals surface area contributed by atoms with Crippen molar-refractivity contribution in [2.45, 2.75) is 46.2 Å². The lowest BCUT2D eigenvalue weighted by atomic mass is 10.1. The SMILES string of the molecule is CCCCc1nc2c(N)nc3ccc(CNC(=O)CCl)cc3c2n1Cc1ccc(O)c(C)c1. The number of fused-ring (bicyclic) bond motifs is 3. The molecule has 0 atom stereocenters. The summed E-state index contributed by atoms with van der Waals surface area (Å²) in [5, 5.41) is 13.7. The van der Waals surface area contributed by atoms with E-state index in [1.807, 2.05) is 37.3 Å². The minimum absolute atomic E-state index is 0.0739. The molecule has 4 aromatic rings. The van der Waals surface area contributed by atoms with E-state index in [9.17, 15) is 9.90 Å². The molecule has 7 nitrogen and oxygen atoms in total. The number of carbonyl (C=O) groups is 1. The Morgan fingerprint density at radius 1 is 1.18 bits per heavy atom. The molecular weight excluding hydrogens is 438 g/mol. The maximum absolute atomic E-state index is 11.6. The molecule has 0 aliphatic rings. The summed E-state index contributed by atoms with van der Waals surface area (Å²) in [5.41, 5.74) is 11.6. The summed E-state index contributed by atoms with van der Waals surface area (Å²) in [6, 6.07) is 11.5. The molecule has 0 spiro atoms. The molecule has 2 heterocycles. The van der Waals surface area contributed by atoms with Crippen molar-refractivity contribution >= 4 is 45.3 Å². The normalized spacial score (nSPS) is 11.4. The van der Waals surface area contributed by atoms with Crippen molar-refractivity contribution in [2.24, 2.45) is 0 Å². The summed E-state index contributed by atoms with van der Waals surface area (Å²) in [6.07, 6.45) is 2.90. The lowest BCUT2D eigenvalue weighted by molar-refractivity contribution is -0.118. The van der Waals surface area contributed by atoms with E-state index in [2.05, 4.69) is 21.8 Å². The third-order valence-electron chi connectivity index (χ3n) is 5.81. The van der Waals surface area contributed by atoms with Gasteiger partial charge in [-0.25, -0.2) is 9.97 Å². The summed E-state index contributed by atoms with van der Waals surface area (Å²) >= 11 is 5.61. The third kappa shape index (κ3) is 4.73. The van der Waals surface area contributed by atoms with Gasteiger partial charge in [0, 0.05) is 24.9 Å². The quantitative estimate of drug-likeness (QED) is 0.334. The number of amides is 1. The summed E-state index contributed by atoms with van der Waals surface area (Å²) in [4.78, 5) is 21.1. The molecule has 4 rings (SSSR count). The molecule has 2 aromatic heterocycles. The molecule has 0 saturated heterocycles. The second kappa shape index (κ2) is 9.67. The zero-order valence-electron chi connectivity index (χ0n) is 18.9. The van der Waals surface area contributed by atoms with E-state index in [0.717, 1.165) is 58.2 Å². The van der Waals surface area contributed by atoms with Gasteiger partial charge in [-0.15, -0.1) is 11.6 Å². The molecule has 8 heteroatoms. The largest absolute Gasteiger partial charge is 0.508 e. The Morgan fingerprint density at radius 3 is 2.70 bits per heavy atom. The van der Waals surface area contributed by atoms with E-state index in [4.69, 9.17) is 22.3 Å². The van der Waals surface area contributed by atoms with Crippen molar-refractivity contribution in [1.29, 1.82) is 0 Å². The smallest absolute Gasteiger partial charge is 0.235 e. The Kier molecular flexibility index (Phi) is 6.70. The van der Waals surface area contributed by atoms with Gasteiger partial charge in [-0.05, 0) is 48.2 Å². The van der Waals surface area contributed by atoms with Crippen LogP contribution >= 0.6 is 11.6 Å². The zero-order chi connectivity index (χ0) is 23.5. The van der Waals surface area contributed by atoms with E-state index in [-0.39, 0.29) is 17.5 Å². The molecular formula is C25H28ClN5O2. The van der Waals surface area contributed by atoms with Crippen LogP contribution in [0.1, 0.15) is 42.3 Å². The molecule has 0 fully saturated rings. The van der Waals surface area contributed by atoms with Crippen LogP contribution < -0.4 is 11.1 Å². The predicted molar refractivity (Wildman–Crippen MR) is 133 cm³/mol. The molecule has 2 aromatic carbocycles. The van der Waals surface area contributed by atoms with E-state index < -0.39 is 0 Å². The van der Waals surface area contributed by atoms with Crippen molar-refractivity contribution in [3.05, 3.63) is 58.9 Å². The fraction of sp³-hybridized carbons (Fsp3) is 0.320. The molecule has 0 unspecified atom stereocenters. The van der Waals surface area contributed by atoms with E-state index >= 15 is 0 Å². The standard InChI is InChI=1S/C25H28ClN5O2/c1-3-4-5-21-30-23-24(31(21)14-17-7-9-20(32)15(2)10-17)18-11-16(13-28-22(33)12-26)6-8-19(18)29-25(23)27/h6-11,32H,3-5,12-14H2,1-2H3,(H2,27,29)(H,28,33). The lowest BCUT2D eigenvalue weighted by Crippen LogP contribution is -2.23. The highest BCUT2D eigenvalue weighted by Crippen LogP contribution is 2.31. The number of hydrogen-bond donors (Lipinski definition) is 3. The first-order valence-electron chi connectivity index (χ1n) is 11.1. The number of aromatic hydroxyl groups is 1. The molecule has 172 valence electrons. The molecule has 0 aliphatic carbocycles. The number of rotatable bonds is 8. The Morgan fingerprint density at radius 2 is 1.97 bits per heavy atom. The summed E-state index contributed by atoms with van der Waals surface area (Å²) < 4.78 is 2.21. The Labute approximate surface area is 197 Å². The van der Waals surface area contributed by atoms with Crippen LogP contribution in [0.15, 0.2) is 36.4 Å². The monoisotopic (exact) mass is 465 g/mol. The number of carbonyl (C=O) groups excluding carboxylic acids is 1. The highest BCUT2D eigenvalue weighted by atomic mass is 35.5. The molecule has 0 aliphatic heterocycles. The number of nitrogens with one attached hydrogen (secondary N) is 1. The highest BCUT2D eigenvalue weighted by Gasteiger charge is 2.18. The number of nitrogens with zero attached hydrogens (tertiary/aromatic N) is 3. The Bertz CT molecular complexity index is 1330. The molecule has 4 N–H and O–H groups in total. The second-order valence-corrected chi connectivity index (χ2v) is 8.56. The number of benzene rings is 2. The van der Waals surface area contributed by atoms with Crippen LogP contribution in [-0.4, -0.2) is 31.4 Å². The topological polar surface area (TPSA) is 106 Å². The van der Waals surface area contributed by atoms with Crippen LogP contribution in [0, 0.1) is 6.92 Å². The minimum Gasteiger partial charge on any atom is -0.508 e. The van der Waals surface area contributed by atoms with Crippen LogP contribution in [0.5, 0.6) is 5.75 Å². The van der Waals surface area contributed by atoms with Gasteiger partial charge in [0.1, 0.15) is 23.0 Å². The van der Waals surface area contributed by atoms with Crippen molar-refractivity contribution in [1.82, 2.24) is 19.9 Å². The Balaban J connectivity index is 1.89. The molecule has 0 radical (unpaired) electrons. The van der Waals surface area contributed by atoms with Crippen molar-refractivity contribution in [2.75, 3.05) is 11.6 Å². The number of aryl methyl sites for hydroxylation is 2. The van der Waals surface area contributed by atoms with Gasteiger partial charge in [0.2, 0.25) is 5.91 Å². The van der Waals surface area contributed by atoms with Crippen molar-refractivity contribution in [3.63, 3.8) is 0 Å². The van der Waals surface area contributed by atoms with Gasteiger partial charge in [-0.3, -0.25) is 4.79 Å². The maximum Gasteiger partial charge on any atom is 0.235 e. The number of alkyl halides is 1. The Hall–Kier alpha value is -3.32. The number of hydrogen-bond acceptors (Lipinski definition) is 5. The molecule has 0 saturated carbocycles. The van der Waals surface area contributed by atoms with Crippen LogP contribution in [0.2, 0.25) is 0 Å². The molecule has 33 heavy (non-hydrogen) atoms. The van der Waals surface area contributed by atoms with Crippen LogP contribution in [0.3, 0.4) is 0 Å². The average molecular weight is 466 g/mol. The number of pyridine rings is 1. The first-order chi connectivity index (χ1) is 15.9. The zero-order valence-corrected chi connectivity index (χ0v) is 19.6. The van der Waals surface area contributed by atoms with Crippen molar-refractivity contribution in [3.8, 4) is 5.75 Å². The van der Waals surface area contributed by atoms with Gasteiger partial charge in [0.15, 0.2) is 5.82 Å². The van der Waals surface area contributed by atoms with Gasteiger partial charge in [-0.2, -0.15) is 0 Å². The number of aromatic nitrogens is 3. The highest BCUT2D eigenvalue weighted by molar-refractivity contribution is 6.27. The van der Waals surface area contributed by atoms with Crippen molar-refractivity contribution < 1.29 is 9.90 Å². The van der Waals surface area contributed by atoms with E-state index in [1.165, 1.54) is 0 Å². The molecule has 1 amide bonds. The van der Waals surface area contributed by atoms with Crippen LogP contribution in [0.25, 0.3) is 21.9 Å². The molecule has 0 bridgehead atoms. The first kappa shape index (κ1) is 22.9. The number of nitrogens with two attached hydrogens (primary N) is 1. The maximum atomic E-state index is 11.6. The number of unbranched alkanes of at least 4 members (excludes halogenated alkanes) is 1. The fourth-order valence-electron chi connectivity index (χ4n) is 4.06. The average Bonchev–Trinajstić information content (AvgIpc) is 3.17. The fourth-order valence-corrected chi connectivity index (χ4v) is 4.15. The number of phenolic OH excluding ortho intramolecular Hbond substituents is 1. The van der Waals surface area contributed by atoms with Gasteiger partial charge in [-0.1, -0.05) is 31.5 Å². The first-order valence-corrected chi connectivity index (χ1v) is 11.6. The summed E-state index contributed by atoms with van der Waals surface area (Å²) in [7, 11) is 0. The van der Waals surface area contributed by atoms with Gasteiger partial charge >= 0.3 is 0 Å². The van der Waals surface area contributed by atoms with Gasteiger partial charge in [0.25, 0.3) is 0 Å². The summed E-state index contributed by atoms with van der Waals surface area (Å²) in [5.74, 6) is 1.35. The minimum atomic E-state index is -0.216. The lowest BCUT2D eigenvalue weighted by Gasteiger charge is -2.13. The van der Waals surface area contributed by atoms with Gasteiger partial charge in [0.05, 0.1) is 11.0 Å². The predicted octanol–water partition coefficient (Wildman–Crippen LogP) is 4.43. The third-order valence-corrected chi connectivity index (χ3v) is 6.06. The number of halogens is 1. The second-order valence-electron chi connectivity index (χ2n) is 8.29. The van der Waals surface area contributed by atoms with Crippen LogP contribution in [0.4, 0.5) is 5.82 Å². The number of anilines is 1. The number of nitrogen functional groups attached to an aromatic ring is 1. The van der Waals surface area contributed by atoms with E-state index in [1.54, 1.807) is 6.07 Å². The van der Waals surface area contributed by atoms with E-state index in [0.29, 0.717) is 24.4 Å². The summed E-state index contributed by atoms with van der Waals surface area (Å²) in [6.45, 7) is 5.02. The van der Waals surface area contributed by atoms with Gasteiger partial charge < -0.3 is 20.7 Å². The number of phenols is 1. The number of imidazole rings is 1.